The van der Waals surface area contributed by atoms with E-state index in [4.69, 9.17) is 14.2 Å². The van der Waals surface area contributed by atoms with Crippen molar-refractivity contribution >= 4 is 0 Å². The van der Waals surface area contributed by atoms with Crippen LogP contribution in [-0.4, -0.2) is 25.9 Å². The van der Waals surface area contributed by atoms with Crippen LogP contribution in [0.25, 0.3) is 0 Å². The second kappa shape index (κ2) is 4.64. The largest absolute Gasteiger partial charge is 0.497 e. The molecule has 0 radical (unpaired) electrons. The first-order chi connectivity index (χ1) is 7.29. The Morgan fingerprint density at radius 3 is 2.47 bits per heavy atom. The van der Waals surface area contributed by atoms with Gasteiger partial charge in [-0.15, -0.1) is 0 Å². The molecule has 82 valence electrons. The summed E-state index contributed by atoms with van der Waals surface area (Å²) >= 11 is 0. The van der Waals surface area contributed by atoms with Gasteiger partial charge < -0.3 is 14.2 Å². The molecule has 15 heavy (non-hydrogen) atoms. The summed E-state index contributed by atoms with van der Waals surface area (Å²) in [6.45, 7) is 3.38. The van der Waals surface area contributed by atoms with Crippen LogP contribution in [0.1, 0.15) is 12.5 Å². The van der Waals surface area contributed by atoms with Crippen LogP contribution < -0.4 is 4.74 Å². The summed E-state index contributed by atoms with van der Waals surface area (Å²) in [6, 6.07) is 7.90. The SMILES string of the molecule is COc1ccc(COC[C@@H]2O[C@H]2C)cc1. The number of benzene rings is 1. The number of hydrogen-bond donors (Lipinski definition) is 0. The Kier molecular flexibility index (Phi) is 3.23. The highest BCUT2D eigenvalue weighted by Crippen LogP contribution is 2.21. The predicted molar refractivity (Wildman–Crippen MR) is 57.0 cm³/mol. The predicted octanol–water partition coefficient (Wildman–Crippen LogP) is 2.00. The molecule has 1 aromatic carbocycles. The van der Waals surface area contributed by atoms with Gasteiger partial charge in [0.1, 0.15) is 11.9 Å². The van der Waals surface area contributed by atoms with Gasteiger partial charge in [-0.05, 0) is 24.6 Å². The quantitative estimate of drug-likeness (QED) is 0.693. The minimum Gasteiger partial charge on any atom is -0.497 e. The van der Waals surface area contributed by atoms with E-state index in [0.717, 1.165) is 11.3 Å². The van der Waals surface area contributed by atoms with Gasteiger partial charge >= 0.3 is 0 Å². The van der Waals surface area contributed by atoms with Gasteiger partial charge in [-0.2, -0.15) is 0 Å². The molecule has 2 atom stereocenters. The molecule has 0 unspecified atom stereocenters. The van der Waals surface area contributed by atoms with Crippen LogP contribution in [-0.2, 0) is 16.1 Å². The average molecular weight is 208 g/mol. The van der Waals surface area contributed by atoms with E-state index < -0.39 is 0 Å². The Morgan fingerprint density at radius 2 is 1.93 bits per heavy atom. The zero-order valence-electron chi connectivity index (χ0n) is 9.10. The summed E-state index contributed by atoms with van der Waals surface area (Å²) in [5.41, 5.74) is 1.16. The zero-order valence-corrected chi connectivity index (χ0v) is 9.10. The van der Waals surface area contributed by atoms with Crippen molar-refractivity contribution in [3.05, 3.63) is 29.8 Å². The van der Waals surface area contributed by atoms with Crippen molar-refractivity contribution in [1.82, 2.24) is 0 Å². The summed E-state index contributed by atoms with van der Waals surface area (Å²) in [7, 11) is 1.66. The van der Waals surface area contributed by atoms with Gasteiger partial charge in [0.05, 0.1) is 26.4 Å². The normalized spacial score (nSPS) is 23.9. The van der Waals surface area contributed by atoms with Gasteiger partial charge in [-0.3, -0.25) is 0 Å². The van der Waals surface area contributed by atoms with Gasteiger partial charge in [0.25, 0.3) is 0 Å². The van der Waals surface area contributed by atoms with Crippen LogP contribution in [0.2, 0.25) is 0 Å². The fraction of sp³-hybridized carbons (Fsp3) is 0.500. The molecule has 1 aromatic rings. The van der Waals surface area contributed by atoms with E-state index in [-0.39, 0.29) is 0 Å². The molecule has 1 aliphatic heterocycles. The van der Waals surface area contributed by atoms with Crippen molar-refractivity contribution in [3.63, 3.8) is 0 Å². The Hall–Kier alpha value is -1.06. The second-order valence-corrected chi connectivity index (χ2v) is 3.74. The highest BCUT2D eigenvalue weighted by Gasteiger charge is 2.33. The first-order valence-electron chi connectivity index (χ1n) is 5.15. The van der Waals surface area contributed by atoms with Gasteiger partial charge in [0, 0.05) is 0 Å². The van der Waals surface area contributed by atoms with E-state index in [1.807, 2.05) is 24.3 Å². The molecular weight excluding hydrogens is 192 g/mol. The number of epoxide rings is 1. The minimum atomic E-state index is 0.309. The van der Waals surface area contributed by atoms with Crippen LogP contribution in [0.4, 0.5) is 0 Å². The summed E-state index contributed by atoms with van der Waals surface area (Å²) in [4.78, 5) is 0. The van der Waals surface area contributed by atoms with E-state index in [0.29, 0.717) is 25.4 Å². The lowest BCUT2D eigenvalue weighted by molar-refractivity contribution is 0.104. The molecule has 0 bridgehead atoms. The standard InChI is InChI=1S/C12H16O3/c1-9-12(15-9)8-14-7-10-3-5-11(13-2)6-4-10/h3-6,9,12H,7-8H2,1-2H3/t9-,12-/m0/s1. The maximum Gasteiger partial charge on any atom is 0.118 e. The van der Waals surface area contributed by atoms with Crippen LogP contribution in [0, 0.1) is 0 Å². The molecule has 1 aliphatic rings. The van der Waals surface area contributed by atoms with E-state index in [1.165, 1.54) is 0 Å². The highest BCUT2D eigenvalue weighted by atomic mass is 16.6. The fourth-order valence-electron chi connectivity index (χ4n) is 1.42. The van der Waals surface area contributed by atoms with E-state index in [9.17, 15) is 0 Å². The molecule has 0 spiro atoms. The van der Waals surface area contributed by atoms with Crippen LogP contribution >= 0.6 is 0 Å². The maximum atomic E-state index is 5.52. The third kappa shape index (κ3) is 2.94. The van der Waals surface area contributed by atoms with E-state index in [1.54, 1.807) is 7.11 Å². The van der Waals surface area contributed by atoms with Crippen LogP contribution in [0.15, 0.2) is 24.3 Å². The summed E-state index contributed by atoms with van der Waals surface area (Å²) < 4.78 is 15.8. The smallest absolute Gasteiger partial charge is 0.118 e. The van der Waals surface area contributed by atoms with Gasteiger partial charge in [-0.25, -0.2) is 0 Å². The molecular formula is C12H16O3. The first kappa shape index (κ1) is 10.5. The second-order valence-electron chi connectivity index (χ2n) is 3.74. The molecule has 3 nitrogen and oxygen atoms in total. The van der Waals surface area contributed by atoms with Crippen molar-refractivity contribution in [1.29, 1.82) is 0 Å². The molecule has 1 heterocycles. The summed E-state index contributed by atoms with van der Waals surface area (Å²) in [5, 5.41) is 0. The number of methoxy groups -OCH3 is 1. The highest BCUT2D eigenvalue weighted by molar-refractivity contribution is 5.26. The minimum absolute atomic E-state index is 0.309. The van der Waals surface area contributed by atoms with Crippen LogP contribution in [0.5, 0.6) is 5.75 Å². The molecule has 0 saturated carbocycles. The third-order valence-electron chi connectivity index (χ3n) is 2.55. The Morgan fingerprint density at radius 1 is 1.27 bits per heavy atom. The average Bonchev–Trinajstić information content (AvgIpc) is 2.96. The molecule has 1 fully saturated rings. The number of rotatable bonds is 5. The molecule has 1 saturated heterocycles. The monoisotopic (exact) mass is 208 g/mol. The van der Waals surface area contributed by atoms with Gasteiger partial charge in [0.2, 0.25) is 0 Å². The van der Waals surface area contributed by atoms with Gasteiger partial charge in [0.15, 0.2) is 0 Å². The molecule has 3 heteroatoms. The van der Waals surface area contributed by atoms with Crippen molar-refractivity contribution < 1.29 is 14.2 Å². The number of ether oxygens (including phenoxy) is 3. The zero-order chi connectivity index (χ0) is 10.7. The summed E-state index contributed by atoms with van der Waals surface area (Å²) in [5.74, 6) is 0.873. The Bertz CT molecular complexity index is 307. The van der Waals surface area contributed by atoms with Crippen molar-refractivity contribution in [2.75, 3.05) is 13.7 Å². The molecule has 0 N–H and O–H groups in total. The van der Waals surface area contributed by atoms with Gasteiger partial charge in [-0.1, -0.05) is 12.1 Å². The first-order valence-corrected chi connectivity index (χ1v) is 5.15. The van der Waals surface area contributed by atoms with Crippen LogP contribution in [0.3, 0.4) is 0 Å². The van der Waals surface area contributed by atoms with Crippen molar-refractivity contribution in [2.45, 2.75) is 25.7 Å². The summed E-state index contributed by atoms with van der Waals surface area (Å²) in [6.07, 6.45) is 0.684. The third-order valence-corrected chi connectivity index (χ3v) is 2.55. The maximum absolute atomic E-state index is 5.52. The van der Waals surface area contributed by atoms with Crippen molar-refractivity contribution in [2.24, 2.45) is 0 Å². The van der Waals surface area contributed by atoms with E-state index >= 15 is 0 Å². The molecule has 0 amide bonds. The Labute approximate surface area is 90.0 Å². The fourth-order valence-corrected chi connectivity index (χ4v) is 1.42. The Balaban J connectivity index is 1.73. The van der Waals surface area contributed by atoms with E-state index in [2.05, 4.69) is 6.92 Å². The number of hydrogen-bond acceptors (Lipinski definition) is 3. The lowest BCUT2D eigenvalue weighted by atomic mass is 10.2. The van der Waals surface area contributed by atoms with Crippen molar-refractivity contribution in [3.8, 4) is 5.75 Å². The molecule has 0 aliphatic carbocycles. The topological polar surface area (TPSA) is 31.0 Å². The molecule has 0 aromatic heterocycles. The lowest BCUT2D eigenvalue weighted by Gasteiger charge is -2.03. The molecule has 2 rings (SSSR count). The lowest BCUT2D eigenvalue weighted by Crippen LogP contribution is -2.03.